The minimum Gasteiger partial charge on any atom is -0.368 e. The molecule has 0 unspecified atom stereocenters. The molecule has 7 nitrogen and oxygen atoms in total. The lowest BCUT2D eigenvalue weighted by Gasteiger charge is -2.36. The van der Waals surface area contributed by atoms with Gasteiger partial charge in [0.25, 0.3) is 0 Å². The number of alkyl halides is 3. The van der Waals surface area contributed by atoms with Crippen LogP contribution in [0.5, 0.6) is 0 Å². The van der Waals surface area contributed by atoms with Crippen LogP contribution in [-0.4, -0.2) is 57.2 Å². The van der Waals surface area contributed by atoms with E-state index >= 15 is 0 Å². The van der Waals surface area contributed by atoms with Crippen LogP contribution >= 0.6 is 15.9 Å². The minimum absolute atomic E-state index is 0.0485. The highest BCUT2D eigenvalue weighted by atomic mass is 79.9. The Labute approximate surface area is 184 Å². The molecule has 1 aliphatic heterocycles. The topological polar surface area (TPSA) is 67.2 Å². The van der Waals surface area contributed by atoms with Crippen molar-refractivity contribution in [2.24, 2.45) is 0 Å². The lowest BCUT2D eigenvalue weighted by Crippen LogP contribution is -2.49. The molecular weight excluding hydrogens is 477 g/mol. The second-order valence-electron chi connectivity index (χ2n) is 7.07. The van der Waals surface area contributed by atoms with E-state index in [1.807, 2.05) is 29.2 Å². The van der Waals surface area contributed by atoms with Gasteiger partial charge in [0, 0.05) is 41.9 Å². The quantitative estimate of drug-likeness (QED) is 0.555. The predicted octanol–water partition coefficient (Wildman–Crippen LogP) is 3.47. The van der Waals surface area contributed by atoms with E-state index < -0.39 is 11.7 Å². The molecule has 0 aliphatic carbocycles. The van der Waals surface area contributed by atoms with E-state index in [-0.39, 0.29) is 12.5 Å². The Bertz CT molecular complexity index is 1060. The zero-order valence-corrected chi connectivity index (χ0v) is 17.8. The highest BCUT2D eigenvalue weighted by molar-refractivity contribution is 9.10. The molecule has 3 aromatic rings. The number of hydrogen-bond donors (Lipinski definition) is 0. The van der Waals surface area contributed by atoms with Gasteiger partial charge < -0.3 is 9.80 Å². The van der Waals surface area contributed by atoms with Crippen molar-refractivity contribution in [2.45, 2.75) is 12.7 Å². The van der Waals surface area contributed by atoms with Crippen molar-refractivity contribution < 1.29 is 18.0 Å². The molecule has 31 heavy (non-hydrogen) atoms. The summed E-state index contributed by atoms with van der Waals surface area (Å²) in [6, 6.07) is 12.7. The summed E-state index contributed by atoms with van der Waals surface area (Å²) < 4.78 is 39.8. The fourth-order valence-electron chi connectivity index (χ4n) is 3.34. The number of nitrogens with zero attached hydrogens (tertiary/aromatic N) is 6. The van der Waals surface area contributed by atoms with Gasteiger partial charge in [-0.3, -0.25) is 4.79 Å². The first-order valence-electron chi connectivity index (χ1n) is 9.53. The molecule has 4 rings (SSSR count). The first-order chi connectivity index (χ1) is 14.8. The summed E-state index contributed by atoms with van der Waals surface area (Å²) in [4.78, 5) is 17.4. The second kappa shape index (κ2) is 8.66. The largest absolute Gasteiger partial charge is 0.416 e. The molecule has 1 aromatic heterocycles. The molecule has 11 heteroatoms. The maximum Gasteiger partial charge on any atom is 0.416 e. The maximum absolute atomic E-state index is 12.9. The number of hydrogen-bond acceptors (Lipinski definition) is 5. The van der Waals surface area contributed by atoms with Crippen LogP contribution in [0.3, 0.4) is 0 Å². The first kappa shape index (κ1) is 21.3. The molecule has 1 aliphatic rings. The SMILES string of the molecule is O=C(Cn1nnc(-c2ccc(Br)cc2)n1)N1CCN(c2cccc(C(F)(F)F)c2)CC1. The van der Waals surface area contributed by atoms with Crippen LogP contribution in [0.1, 0.15) is 5.56 Å². The Morgan fingerprint density at radius 1 is 1.03 bits per heavy atom. The molecule has 1 saturated heterocycles. The molecule has 0 saturated carbocycles. The number of benzene rings is 2. The third-order valence-corrected chi connectivity index (χ3v) is 5.53. The van der Waals surface area contributed by atoms with Gasteiger partial charge in [0.15, 0.2) is 0 Å². The Morgan fingerprint density at radius 2 is 1.74 bits per heavy atom. The standard InChI is InChI=1S/C20H18BrF3N6O/c21-16-6-4-14(5-7-16)19-25-27-30(26-19)13-18(31)29-10-8-28(9-11-29)17-3-1-2-15(12-17)20(22,23)24/h1-7,12H,8-11,13H2. The van der Waals surface area contributed by atoms with Gasteiger partial charge in [-0.2, -0.15) is 18.0 Å². The van der Waals surface area contributed by atoms with Gasteiger partial charge in [0.05, 0.1) is 5.56 Å². The monoisotopic (exact) mass is 494 g/mol. The van der Waals surface area contributed by atoms with Gasteiger partial charge in [-0.15, -0.1) is 10.2 Å². The molecule has 0 N–H and O–H groups in total. The van der Waals surface area contributed by atoms with Crippen molar-refractivity contribution in [3.8, 4) is 11.4 Å². The van der Waals surface area contributed by atoms with E-state index in [4.69, 9.17) is 0 Å². The van der Waals surface area contributed by atoms with E-state index in [1.54, 1.807) is 11.0 Å². The van der Waals surface area contributed by atoms with Crippen molar-refractivity contribution in [3.63, 3.8) is 0 Å². The third-order valence-electron chi connectivity index (χ3n) is 5.00. The number of rotatable bonds is 4. The number of aromatic nitrogens is 4. The number of carbonyl (C=O) groups is 1. The molecule has 1 fully saturated rings. The van der Waals surface area contributed by atoms with Gasteiger partial charge in [-0.05, 0) is 47.7 Å². The fraction of sp³-hybridized carbons (Fsp3) is 0.300. The summed E-state index contributed by atoms with van der Waals surface area (Å²) in [7, 11) is 0. The summed E-state index contributed by atoms with van der Waals surface area (Å²) in [6.45, 7) is 1.66. The highest BCUT2D eigenvalue weighted by Gasteiger charge is 2.31. The van der Waals surface area contributed by atoms with Gasteiger partial charge >= 0.3 is 6.18 Å². The van der Waals surface area contributed by atoms with Crippen LogP contribution in [0.2, 0.25) is 0 Å². The zero-order valence-electron chi connectivity index (χ0n) is 16.3. The number of tetrazole rings is 1. The highest BCUT2D eigenvalue weighted by Crippen LogP contribution is 2.31. The predicted molar refractivity (Wildman–Crippen MR) is 111 cm³/mol. The Kier molecular flexibility index (Phi) is 5.94. The molecule has 1 amide bonds. The van der Waals surface area contributed by atoms with Crippen LogP contribution in [0.15, 0.2) is 53.0 Å². The van der Waals surface area contributed by atoms with Gasteiger partial charge in [-0.25, -0.2) is 0 Å². The summed E-state index contributed by atoms with van der Waals surface area (Å²) >= 11 is 3.37. The van der Waals surface area contributed by atoms with Crippen molar-refractivity contribution in [3.05, 3.63) is 58.6 Å². The molecule has 0 atom stereocenters. The molecular formula is C20H18BrF3N6O. The van der Waals surface area contributed by atoms with Crippen LogP contribution in [-0.2, 0) is 17.5 Å². The Hall–Kier alpha value is -2.95. The smallest absolute Gasteiger partial charge is 0.368 e. The molecule has 0 spiro atoms. The van der Waals surface area contributed by atoms with Crippen molar-refractivity contribution in [1.29, 1.82) is 0 Å². The third kappa shape index (κ3) is 5.04. The lowest BCUT2D eigenvalue weighted by atomic mass is 10.1. The number of halogens is 4. The zero-order chi connectivity index (χ0) is 22.0. The lowest BCUT2D eigenvalue weighted by molar-refractivity contribution is -0.137. The number of anilines is 1. The number of piperazine rings is 1. The van der Waals surface area contributed by atoms with E-state index in [9.17, 15) is 18.0 Å². The first-order valence-corrected chi connectivity index (χ1v) is 10.3. The summed E-state index contributed by atoms with van der Waals surface area (Å²) in [5.74, 6) is 0.262. The number of carbonyl (C=O) groups excluding carboxylic acids is 1. The van der Waals surface area contributed by atoms with Crippen LogP contribution in [0, 0.1) is 0 Å². The Balaban J connectivity index is 1.34. The van der Waals surface area contributed by atoms with Crippen LogP contribution in [0.4, 0.5) is 18.9 Å². The van der Waals surface area contributed by atoms with Crippen molar-refractivity contribution in [1.82, 2.24) is 25.1 Å². The van der Waals surface area contributed by atoms with Crippen molar-refractivity contribution in [2.75, 3.05) is 31.1 Å². The minimum atomic E-state index is -4.38. The van der Waals surface area contributed by atoms with E-state index in [1.165, 1.54) is 10.9 Å². The van der Waals surface area contributed by atoms with E-state index in [0.717, 1.165) is 22.2 Å². The summed E-state index contributed by atoms with van der Waals surface area (Å²) in [6.07, 6.45) is -4.38. The fourth-order valence-corrected chi connectivity index (χ4v) is 3.60. The summed E-state index contributed by atoms with van der Waals surface area (Å²) in [5.41, 5.74) is 0.609. The maximum atomic E-state index is 12.9. The Morgan fingerprint density at radius 3 is 2.42 bits per heavy atom. The summed E-state index contributed by atoms with van der Waals surface area (Å²) in [5, 5.41) is 12.2. The molecule has 0 bridgehead atoms. The van der Waals surface area contributed by atoms with Gasteiger partial charge in [0.2, 0.25) is 11.7 Å². The van der Waals surface area contributed by atoms with E-state index in [2.05, 4.69) is 31.3 Å². The average Bonchev–Trinajstić information content (AvgIpc) is 3.22. The van der Waals surface area contributed by atoms with E-state index in [0.29, 0.717) is 37.7 Å². The average molecular weight is 495 g/mol. The van der Waals surface area contributed by atoms with Crippen molar-refractivity contribution >= 4 is 27.5 Å². The van der Waals surface area contributed by atoms with Crippen LogP contribution < -0.4 is 4.90 Å². The molecule has 2 aromatic carbocycles. The molecule has 2 heterocycles. The normalized spacial score (nSPS) is 14.7. The second-order valence-corrected chi connectivity index (χ2v) is 7.98. The van der Waals surface area contributed by atoms with Crippen LogP contribution in [0.25, 0.3) is 11.4 Å². The van der Waals surface area contributed by atoms with Gasteiger partial charge in [0.1, 0.15) is 6.54 Å². The molecule has 162 valence electrons. The number of amides is 1. The van der Waals surface area contributed by atoms with Gasteiger partial charge in [-0.1, -0.05) is 22.0 Å². The molecule has 0 radical (unpaired) electrons.